The van der Waals surface area contributed by atoms with Gasteiger partial charge in [0.15, 0.2) is 0 Å². The molecule has 2 amide bonds. The van der Waals surface area contributed by atoms with Crippen LogP contribution in [0, 0.1) is 0 Å². The van der Waals surface area contributed by atoms with E-state index in [2.05, 4.69) is 17.2 Å². The molecule has 0 aliphatic carbocycles. The molecule has 6 nitrogen and oxygen atoms in total. The molecular formula is C15H22F3N3O3. The average molecular weight is 349 g/mol. The van der Waals surface area contributed by atoms with E-state index in [0.29, 0.717) is 13.0 Å². The Morgan fingerprint density at radius 2 is 2.04 bits per heavy atom. The van der Waals surface area contributed by atoms with Crippen LogP contribution >= 0.6 is 0 Å². The van der Waals surface area contributed by atoms with Crippen molar-refractivity contribution in [3.05, 3.63) is 12.7 Å². The fourth-order valence-corrected chi connectivity index (χ4v) is 2.50. The van der Waals surface area contributed by atoms with Crippen LogP contribution in [0.1, 0.15) is 25.7 Å². The molecule has 1 heterocycles. The third-order valence-corrected chi connectivity index (χ3v) is 3.80. The van der Waals surface area contributed by atoms with Crippen LogP contribution in [-0.4, -0.2) is 60.9 Å². The van der Waals surface area contributed by atoms with E-state index in [-0.39, 0.29) is 6.54 Å². The summed E-state index contributed by atoms with van der Waals surface area (Å²) in [6, 6.07) is -2.00. The van der Waals surface area contributed by atoms with E-state index >= 15 is 0 Å². The molecular weight excluding hydrogens is 327 g/mol. The van der Waals surface area contributed by atoms with Crippen molar-refractivity contribution in [3.63, 3.8) is 0 Å². The molecule has 1 fully saturated rings. The maximum Gasteiger partial charge on any atom is 0.389 e. The summed E-state index contributed by atoms with van der Waals surface area (Å²) >= 11 is 0. The van der Waals surface area contributed by atoms with Gasteiger partial charge in [-0.15, -0.1) is 6.58 Å². The van der Waals surface area contributed by atoms with Gasteiger partial charge < -0.3 is 10.6 Å². The summed E-state index contributed by atoms with van der Waals surface area (Å²) in [5.41, 5.74) is 0. The number of nitrogens with zero attached hydrogens (tertiary/aromatic N) is 1. The van der Waals surface area contributed by atoms with Gasteiger partial charge in [-0.05, 0) is 32.9 Å². The Balaban J connectivity index is 2.76. The van der Waals surface area contributed by atoms with E-state index in [9.17, 15) is 27.6 Å². The van der Waals surface area contributed by atoms with Crippen molar-refractivity contribution in [2.24, 2.45) is 0 Å². The minimum absolute atomic E-state index is 0.00980. The third kappa shape index (κ3) is 6.31. The molecule has 136 valence electrons. The van der Waals surface area contributed by atoms with Crippen molar-refractivity contribution < 1.29 is 27.6 Å². The number of amides is 2. The van der Waals surface area contributed by atoms with Gasteiger partial charge in [-0.1, -0.05) is 6.08 Å². The molecule has 24 heavy (non-hydrogen) atoms. The van der Waals surface area contributed by atoms with Gasteiger partial charge in [0.2, 0.25) is 11.7 Å². The molecule has 0 bridgehead atoms. The van der Waals surface area contributed by atoms with Gasteiger partial charge in [-0.3, -0.25) is 19.3 Å². The number of halogens is 3. The van der Waals surface area contributed by atoms with E-state index in [0.717, 1.165) is 6.42 Å². The van der Waals surface area contributed by atoms with E-state index in [4.69, 9.17) is 0 Å². The Morgan fingerprint density at radius 3 is 2.54 bits per heavy atom. The zero-order chi connectivity index (χ0) is 18.3. The Morgan fingerprint density at radius 1 is 1.38 bits per heavy atom. The lowest BCUT2D eigenvalue weighted by atomic mass is 10.0. The SMILES string of the molecule is C=CCNC(=O)C(=O)C(CCC(F)(F)F)NC(=O)C1CCCN1C. The van der Waals surface area contributed by atoms with Gasteiger partial charge >= 0.3 is 6.18 Å². The lowest BCUT2D eigenvalue weighted by Gasteiger charge is -2.23. The van der Waals surface area contributed by atoms with Crippen LogP contribution in [0.2, 0.25) is 0 Å². The molecule has 0 aromatic carbocycles. The van der Waals surface area contributed by atoms with Crippen LogP contribution in [0.5, 0.6) is 0 Å². The number of hydrogen-bond acceptors (Lipinski definition) is 4. The van der Waals surface area contributed by atoms with Gasteiger partial charge in [-0.2, -0.15) is 13.2 Å². The number of carbonyl (C=O) groups is 3. The first-order valence-corrected chi connectivity index (χ1v) is 7.66. The molecule has 0 radical (unpaired) electrons. The number of carbonyl (C=O) groups excluding carboxylic acids is 3. The number of alkyl halides is 3. The van der Waals surface area contributed by atoms with Gasteiger partial charge in [0.25, 0.3) is 5.91 Å². The van der Waals surface area contributed by atoms with Crippen LogP contribution < -0.4 is 10.6 Å². The van der Waals surface area contributed by atoms with E-state index in [1.807, 2.05) is 0 Å². The maximum atomic E-state index is 12.4. The van der Waals surface area contributed by atoms with Gasteiger partial charge in [-0.25, -0.2) is 0 Å². The number of rotatable bonds is 8. The minimum Gasteiger partial charge on any atom is -0.346 e. The topological polar surface area (TPSA) is 78.5 Å². The smallest absolute Gasteiger partial charge is 0.346 e. The summed E-state index contributed by atoms with van der Waals surface area (Å²) in [5.74, 6) is -2.66. The third-order valence-electron chi connectivity index (χ3n) is 3.80. The molecule has 2 N–H and O–H groups in total. The van der Waals surface area contributed by atoms with Crippen LogP contribution in [0.4, 0.5) is 13.2 Å². The van der Waals surface area contributed by atoms with Gasteiger partial charge in [0.1, 0.15) is 0 Å². The molecule has 1 saturated heterocycles. The highest BCUT2D eigenvalue weighted by Crippen LogP contribution is 2.23. The number of hydrogen-bond donors (Lipinski definition) is 2. The molecule has 2 atom stereocenters. The standard InChI is InChI=1S/C15H22F3N3O3/c1-3-8-19-14(24)12(22)10(6-7-15(16,17)18)20-13(23)11-5-4-9-21(11)2/h3,10-11H,1,4-9H2,2H3,(H,19,24)(H,20,23). The summed E-state index contributed by atoms with van der Waals surface area (Å²) < 4.78 is 37.3. The lowest BCUT2D eigenvalue weighted by Crippen LogP contribution is -2.52. The van der Waals surface area contributed by atoms with Crippen LogP contribution in [0.25, 0.3) is 0 Å². The Kier molecular flexibility index (Phi) is 7.40. The molecule has 0 aromatic rings. The highest BCUT2D eigenvalue weighted by Gasteiger charge is 2.35. The highest BCUT2D eigenvalue weighted by molar-refractivity contribution is 6.38. The summed E-state index contributed by atoms with van der Waals surface area (Å²) in [7, 11) is 1.72. The zero-order valence-electron chi connectivity index (χ0n) is 13.5. The quantitative estimate of drug-likeness (QED) is 0.501. The molecule has 9 heteroatoms. The molecule has 1 aliphatic heterocycles. The number of likely N-dealkylation sites (tertiary alicyclic amines) is 1. The van der Waals surface area contributed by atoms with Crippen molar-refractivity contribution >= 4 is 17.6 Å². The molecule has 0 spiro atoms. The summed E-state index contributed by atoms with van der Waals surface area (Å²) in [6.07, 6.45) is -3.74. The van der Waals surface area contributed by atoms with Gasteiger partial charge in [0.05, 0.1) is 12.1 Å². The van der Waals surface area contributed by atoms with Crippen molar-refractivity contribution in [1.29, 1.82) is 0 Å². The summed E-state index contributed by atoms with van der Waals surface area (Å²) in [6.45, 7) is 4.07. The molecule has 2 unspecified atom stereocenters. The van der Waals surface area contributed by atoms with E-state index in [1.54, 1.807) is 11.9 Å². The first-order valence-electron chi connectivity index (χ1n) is 7.66. The van der Waals surface area contributed by atoms with Crippen molar-refractivity contribution in [2.75, 3.05) is 20.1 Å². The van der Waals surface area contributed by atoms with Gasteiger partial charge in [0, 0.05) is 13.0 Å². The van der Waals surface area contributed by atoms with Crippen LogP contribution in [-0.2, 0) is 14.4 Å². The fraction of sp³-hybridized carbons (Fsp3) is 0.667. The molecule has 0 aromatic heterocycles. The second kappa shape index (κ2) is 8.81. The van der Waals surface area contributed by atoms with Crippen molar-refractivity contribution in [1.82, 2.24) is 15.5 Å². The second-order valence-electron chi connectivity index (χ2n) is 5.72. The summed E-state index contributed by atoms with van der Waals surface area (Å²) in [5, 5.41) is 4.51. The first kappa shape index (κ1) is 20.1. The Bertz CT molecular complexity index is 494. The fourth-order valence-electron chi connectivity index (χ4n) is 2.50. The largest absolute Gasteiger partial charge is 0.389 e. The van der Waals surface area contributed by atoms with Crippen molar-refractivity contribution in [3.8, 4) is 0 Å². The van der Waals surface area contributed by atoms with Crippen LogP contribution in [0.15, 0.2) is 12.7 Å². The lowest BCUT2D eigenvalue weighted by molar-refractivity contribution is -0.146. The van der Waals surface area contributed by atoms with Crippen molar-refractivity contribution in [2.45, 2.75) is 43.9 Å². The van der Waals surface area contributed by atoms with E-state index in [1.165, 1.54) is 6.08 Å². The molecule has 1 rings (SSSR count). The zero-order valence-corrected chi connectivity index (χ0v) is 13.5. The second-order valence-corrected chi connectivity index (χ2v) is 5.72. The first-order chi connectivity index (χ1) is 11.2. The summed E-state index contributed by atoms with van der Waals surface area (Å²) in [4.78, 5) is 37.7. The number of Topliss-reactive ketones (excluding diaryl/α,β-unsaturated/α-hetero) is 1. The number of nitrogens with one attached hydrogen (secondary N) is 2. The monoisotopic (exact) mass is 349 g/mol. The van der Waals surface area contributed by atoms with Crippen LogP contribution in [0.3, 0.4) is 0 Å². The maximum absolute atomic E-state index is 12.4. The average Bonchev–Trinajstić information content (AvgIpc) is 2.93. The molecule has 0 saturated carbocycles. The highest BCUT2D eigenvalue weighted by atomic mass is 19.4. The Hall–Kier alpha value is -1.90. The predicted octanol–water partition coefficient (Wildman–Crippen LogP) is 0.779. The normalized spacial score (nSPS) is 19.6. The minimum atomic E-state index is -4.48. The van der Waals surface area contributed by atoms with E-state index < -0.39 is 48.7 Å². The number of ketones is 1. The number of likely N-dealkylation sites (N-methyl/N-ethyl adjacent to an activating group) is 1. The predicted molar refractivity (Wildman–Crippen MR) is 81.1 cm³/mol. The molecule has 1 aliphatic rings. The Labute approximate surface area is 138 Å².